The fourth-order valence-electron chi connectivity index (χ4n) is 1.07. The first-order chi connectivity index (χ1) is 5.26. The normalized spacial score (nSPS) is 12.5. The highest BCUT2D eigenvalue weighted by Crippen LogP contribution is 2.07. The quantitative estimate of drug-likeness (QED) is 0.591. The third-order valence-electron chi connectivity index (χ3n) is 1.72. The molecule has 0 saturated heterocycles. The zero-order valence-electron chi connectivity index (χ0n) is 7.18. The molecule has 0 spiro atoms. The maximum Gasteiger partial charge on any atom is 0.140 e. The van der Waals surface area contributed by atoms with Gasteiger partial charge < -0.3 is 5.73 Å². The van der Waals surface area contributed by atoms with Crippen LogP contribution in [0.3, 0.4) is 0 Å². The van der Waals surface area contributed by atoms with Gasteiger partial charge in [-0.25, -0.2) is 0 Å². The van der Waals surface area contributed by atoms with Crippen molar-refractivity contribution in [3.63, 3.8) is 0 Å². The average molecular weight is 155 g/mol. The molecule has 11 heavy (non-hydrogen) atoms. The maximum absolute atomic E-state index is 11.2. The van der Waals surface area contributed by atoms with Crippen molar-refractivity contribution in [2.75, 3.05) is 6.54 Å². The molecule has 0 fully saturated rings. The summed E-state index contributed by atoms with van der Waals surface area (Å²) in [5.74, 6) is 0.280. The van der Waals surface area contributed by atoms with Crippen molar-refractivity contribution in [1.82, 2.24) is 0 Å². The summed E-state index contributed by atoms with van der Waals surface area (Å²) in [6, 6.07) is 0. The SMILES string of the molecule is C=CCC(=O)C(CN)CCC. The lowest BCUT2D eigenvalue weighted by atomic mass is 9.97. The molecule has 0 aliphatic heterocycles. The topological polar surface area (TPSA) is 43.1 Å². The monoisotopic (exact) mass is 155 g/mol. The van der Waals surface area contributed by atoms with Crippen LogP contribution in [0.1, 0.15) is 26.2 Å². The standard InChI is InChI=1S/C9H17NO/c1-3-5-8(7-10)9(11)6-4-2/h4,8H,2-3,5-7,10H2,1H3. The number of carbonyl (C=O) groups is 1. The zero-order valence-corrected chi connectivity index (χ0v) is 7.18. The summed E-state index contributed by atoms with van der Waals surface area (Å²) >= 11 is 0. The van der Waals surface area contributed by atoms with Gasteiger partial charge in [0.2, 0.25) is 0 Å². The minimum Gasteiger partial charge on any atom is -0.330 e. The minimum atomic E-state index is 0.0537. The number of hydrogen-bond acceptors (Lipinski definition) is 2. The summed E-state index contributed by atoms with van der Waals surface area (Å²) < 4.78 is 0. The van der Waals surface area contributed by atoms with Gasteiger partial charge >= 0.3 is 0 Å². The van der Waals surface area contributed by atoms with Crippen molar-refractivity contribution in [2.45, 2.75) is 26.2 Å². The summed E-state index contributed by atoms with van der Waals surface area (Å²) in [5, 5.41) is 0. The Labute approximate surface area is 68.5 Å². The average Bonchev–Trinajstić information content (AvgIpc) is 2.00. The molecule has 0 saturated carbocycles. The molecule has 2 heteroatoms. The molecule has 64 valence electrons. The molecule has 0 amide bonds. The van der Waals surface area contributed by atoms with Gasteiger partial charge in [-0.05, 0) is 6.42 Å². The van der Waals surface area contributed by atoms with Gasteiger partial charge in [0, 0.05) is 18.9 Å². The number of hydrogen-bond donors (Lipinski definition) is 1. The zero-order chi connectivity index (χ0) is 8.69. The molecule has 1 unspecified atom stereocenters. The third kappa shape index (κ3) is 3.94. The summed E-state index contributed by atoms with van der Waals surface area (Å²) in [7, 11) is 0. The second kappa shape index (κ2) is 6.10. The smallest absolute Gasteiger partial charge is 0.140 e. The molecular weight excluding hydrogens is 138 g/mol. The van der Waals surface area contributed by atoms with Crippen LogP contribution >= 0.6 is 0 Å². The molecule has 0 bridgehead atoms. The van der Waals surface area contributed by atoms with E-state index in [-0.39, 0.29) is 11.7 Å². The first kappa shape index (κ1) is 10.4. The van der Waals surface area contributed by atoms with E-state index in [2.05, 4.69) is 13.5 Å². The molecule has 2 nitrogen and oxygen atoms in total. The third-order valence-corrected chi connectivity index (χ3v) is 1.72. The van der Waals surface area contributed by atoms with Crippen LogP contribution in [-0.4, -0.2) is 12.3 Å². The highest BCUT2D eigenvalue weighted by atomic mass is 16.1. The van der Waals surface area contributed by atoms with E-state index >= 15 is 0 Å². The number of Topliss-reactive ketones (excluding diaryl/α,β-unsaturated/α-hetero) is 1. The van der Waals surface area contributed by atoms with Gasteiger partial charge in [0.05, 0.1) is 0 Å². The van der Waals surface area contributed by atoms with Crippen molar-refractivity contribution >= 4 is 5.78 Å². The Morgan fingerprint density at radius 3 is 2.73 bits per heavy atom. The van der Waals surface area contributed by atoms with Gasteiger partial charge in [-0.1, -0.05) is 19.4 Å². The highest BCUT2D eigenvalue weighted by Gasteiger charge is 2.13. The second-order valence-corrected chi connectivity index (χ2v) is 2.68. The molecule has 0 aromatic rings. The van der Waals surface area contributed by atoms with Crippen LogP contribution in [0.2, 0.25) is 0 Å². The largest absolute Gasteiger partial charge is 0.330 e. The summed E-state index contributed by atoms with van der Waals surface area (Å²) in [6.45, 7) is 6.05. The Kier molecular flexibility index (Phi) is 5.75. The summed E-state index contributed by atoms with van der Waals surface area (Å²) in [6.07, 6.45) is 4.02. The Morgan fingerprint density at radius 1 is 1.73 bits per heavy atom. The van der Waals surface area contributed by atoms with Gasteiger partial charge in [-0.3, -0.25) is 4.79 Å². The first-order valence-corrected chi connectivity index (χ1v) is 4.09. The van der Waals surface area contributed by atoms with Crippen molar-refractivity contribution in [3.8, 4) is 0 Å². The highest BCUT2D eigenvalue weighted by molar-refractivity contribution is 5.82. The molecule has 0 rings (SSSR count). The van der Waals surface area contributed by atoms with Gasteiger partial charge in [0.25, 0.3) is 0 Å². The van der Waals surface area contributed by atoms with Gasteiger partial charge in [0.1, 0.15) is 5.78 Å². The first-order valence-electron chi connectivity index (χ1n) is 4.09. The van der Waals surface area contributed by atoms with E-state index < -0.39 is 0 Å². The number of ketones is 1. The lowest BCUT2D eigenvalue weighted by molar-refractivity contribution is -0.121. The fourth-order valence-corrected chi connectivity index (χ4v) is 1.07. The Bertz CT molecular complexity index is 132. The summed E-state index contributed by atoms with van der Waals surface area (Å²) in [5.41, 5.74) is 5.43. The molecular formula is C9H17NO. The number of nitrogens with two attached hydrogens (primary N) is 1. The van der Waals surface area contributed by atoms with E-state index in [1.165, 1.54) is 0 Å². The minimum absolute atomic E-state index is 0.0537. The molecule has 2 N–H and O–H groups in total. The molecule has 0 aliphatic carbocycles. The lowest BCUT2D eigenvalue weighted by Crippen LogP contribution is -2.22. The van der Waals surface area contributed by atoms with E-state index in [1.807, 2.05) is 0 Å². The van der Waals surface area contributed by atoms with Crippen LogP contribution in [0.5, 0.6) is 0 Å². The van der Waals surface area contributed by atoms with Crippen LogP contribution < -0.4 is 5.73 Å². The Morgan fingerprint density at radius 2 is 2.36 bits per heavy atom. The van der Waals surface area contributed by atoms with E-state index in [0.717, 1.165) is 12.8 Å². The van der Waals surface area contributed by atoms with Crippen LogP contribution in [0.15, 0.2) is 12.7 Å². The second-order valence-electron chi connectivity index (χ2n) is 2.68. The number of carbonyl (C=O) groups excluding carboxylic acids is 1. The van der Waals surface area contributed by atoms with Crippen molar-refractivity contribution in [2.24, 2.45) is 11.7 Å². The molecule has 0 radical (unpaired) electrons. The van der Waals surface area contributed by atoms with E-state index in [0.29, 0.717) is 13.0 Å². The van der Waals surface area contributed by atoms with E-state index in [1.54, 1.807) is 6.08 Å². The van der Waals surface area contributed by atoms with Crippen molar-refractivity contribution in [3.05, 3.63) is 12.7 Å². The van der Waals surface area contributed by atoms with E-state index in [9.17, 15) is 4.79 Å². The van der Waals surface area contributed by atoms with Crippen molar-refractivity contribution in [1.29, 1.82) is 0 Å². The van der Waals surface area contributed by atoms with Crippen LogP contribution in [-0.2, 0) is 4.79 Å². The fraction of sp³-hybridized carbons (Fsp3) is 0.667. The molecule has 0 heterocycles. The van der Waals surface area contributed by atoms with E-state index in [4.69, 9.17) is 5.73 Å². The van der Waals surface area contributed by atoms with Crippen LogP contribution in [0, 0.1) is 5.92 Å². The predicted octanol–water partition coefficient (Wildman–Crippen LogP) is 1.51. The van der Waals surface area contributed by atoms with Gasteiger partial charge in [-0.15, -0.1) is 6.58 Å². The summed E-state index contributed by atoms with van der Waals surface area (Å²) in [4.78, 5) is 11.2. The molecule has 0 aromatic carbocycles. The lowest BCUT2D eigenvalue weighted by Gasteiger charge is -2.09. The van der Waals surface area contributed by atoms with Crippen LogP contribution in [0.25, 0.3) is 0 Å². The number of allylic oxidation sites excluding steroid dienone is 1. The Hall–Kier alpha value is -0.630. The number of rotatable bonds is 6. The van der Waals surface area contributed by atoms with Gasteiger partial charge in [0.15, 0.2) is 0 Å². The molecule has 1 atom stereocenters. The molecule has 0 aromatic heterocycles. The maximum atomic E-state index is 11.2. The Balaban J connectivity index is 3.80. The predicted molar refractivity (Wildman–Crippen MR) is 47.3 cm³/mol. The van der Waals surface area contributed by atoms with Crippen LogP contribution in [0.4, 0.5) is 0 Å². The van der Waals surface area contributed by atoms with Crippen molar-refractivity contribution < 1.29 is 4.79 Å². The van der Waals surface area contributed by atoms with Gasteiger partial charge in [-0.2, -0.15) is 0 Å². The molecule has 0 aliphatic rings.